The van der Waals surface area contributed by atoms with Gasteiger partial charge < -0.3 is 9.47 Å². The van der Waals surface area contributed by atoms with E-state index in [1.165, 1.54) is 24.4 Å². The van der Waals surface area contributed by atoms with E-state index in [1.807, 2.05) is 0 Å². The van der Waals surface area contributed by atoms with Gasteiger partial charge in [0.05, 0.1) is 29.8 Å². The lowest BCUT2D eigenvalue weighted by Gasteiger charge is -2.26. The largest absolute Gasteiger partial charge is 0.461 e. The Morgan fingerprint density at radius 1 is 1.23 bits per heavy atom. The first-order valence-electron chi connectivity index (χ1n) is 9.13. The number of anilines is 2. The van der Waals surface area contributed by atoms with Gasteiger partial charge in [-0.3, -0.25) is 4.90 Å². The first-order chi connectivity index (χ1) is 14.4. The highest BCUT2D eigenvalue weighted by molar-refractivity contribution is 5.95. The summed E-state index contributed by atoms with van der Waals surface area (Å²) in [6.45, 7) is 3.29. The van der Waals surface area contributed by atoms with Crippen LogP contribution in [0, 0.1) is 4.91 Å². The highest BCUT2D eigenvalue weighted by Gasteiger charge is 2.31. The average molecular weight is 424 g/mol. The Labute approximate surface area is 170 Å². The van der Waals surface area contributed by atoms with Gasteiger partial charge in [0.1, 0.15) is 12.2 Å². The molecule has 0 atom stereocenters. The number of carbonyl (C=O) groups is 1. The van der Waals surface area contributed by atoms with Crippen molar-refractivity contribution in [2.24, 2.45) is 5.29 Å². The summed E-state index contributed by atoms with van der Waals surface area (Å²) < 4.78 is 49.5. The fourth-order valence-corrected chi connectivity index (χ4v) is 2.92. The van der Waals surface area contributed by atoms with Gasteiger partial charge >= 0.3 is 12.1 Å². The van der Waals surface area contributed by atoms with Crippen LogP contribution in [0.25, 0.3) is 0 Å². The highest BCUT2D eigenvalue weighted by Crippen LogP contribution is 2.34. The van der Waals surface area contributed by atoms with Crippen LogP contribution < -0.4 is 5.01 Å². The number of carbonyl (C=O) groups excluding carboxylic acids is 1. The lowest BCUT2D eigenvalue weighted by atomic mass is 10.1. The van der Waals surface area contributed by atoms with Gasteiger partial charge in [0, 0.05) is 25.8 Å². The molecule has 2 heterocycles. The van der Waals surface area contributed by atoms with Gasteiger partial charge in [0.15, 0.2) is 5.82 Å². The van der Waals surface area contributed by atoms with Crippen LogP contribution in [0.3, 0.4) is 0 Å². The standard InChI is InChI=1S/C19H19F3N4O4/c20-19(21,22)14-3-1-4-15(13-14)26(24-28)17-16(5-2-6-23-17)18(27)30-12-9-25-7-10-29-11-8-25/h1-6,13H,7-12H2. The average Bonchev–Trinajstić information content (AvgIpc) is 2.75. The lowest BCUT2D eigenvalue weighted by molar-refractivity contribution is -0.137. The molecular weight excluding hydrogens is 405 g/mol. The zero-order valence-electron chi connectivity index (χ0n) is 15.8. The second-order valence-corrected chi connectivity index (χ2v) is 6.41. The zero-order valence-corrected chi connectivity index (χ0v) is 15.8. The second kappa shape index (κ2) is 9.63. The number of halogens is 3. The molecule has 0 spiro atoms. The van der Waals surface area contributed by atoms with Crippen LogP contribution >= 0.6 is 0 Å². The molecule has 3 rings (SSSR count). The predicted molar refractivity (Wildman–Crippen MR) is 101 cm³/mol. The fraction of sp³-hybridized carbons (Fsp3) is 0.368. The van der Waals surface area contributed by atoms with Crippen molar-refractivity contribution in [1.82, 2.24) is 9.88 Å². The van der Waals surface area contributed by atoms with E-state index < -0.39 is 17.7 Å². The molecule has 0 bridgehead atoms. The molecule has 0 N–H and O–H groups in total. The maximum Gasteiger partial charge on any atom is 0.416 e. The second-order valence-electron chi connectivity index (χ2n) is 6.41. The highest BCUT2D eigenvalue weighted by atomic mass is 19.4. The minimum Gasteiger partial charge on any atom is -0.461 e. The number of benzene rings is 1. The van der Waals surface area contributed by atoms with E-state index in [4.69, 9.17) is 9.47 Å². The summed E-state index contributed by atoms with van der Waals surface area (Å²) >= 11 is 0. The van der Waals surface area contributed by atoms with Gasteiger partial charge in [-0.05, 0) is 30.3 Å². The minimum atomic E-state index is -4.60. The molecule has 0 aliphatic carbocycles. The van der Waals surface area contributed by atoms with Crippen molar-refractivity contribution in [1.29, 1.82) is 0 Å². The molecular formula is C19H19F3N4O4. The lowest BCUT2D eigenvalue weighted by Crippen LogP contribution is -2.38. The molecule has 1 fully saturated rings. The monoisotopic (exact) mass is 424 g/mol. The number of ether oxygens (including phenoxy) is 2. The number of alkyl halides is 3. The Kier molecular flexibility index (Phi) is 6.95. The van der Waals surface area contributed by atoms with Crippen LogP contribution in [0.5, 0.6) is 0 Å². The third-order valence-electron chi connectivity index (χ3n) is 4.45. The number of nitroso groups, excluding NO2 is 1. The van der Waals surface area contributed by atoms with Gasteiger partial charge in [-0.25, -0.2) is 9.78 Å². The zero-order chi connectivity index (χ0) is 21.6. The third-order valence-corrected chi connectivity index (χ3v) is 4.45. The van der Waals surface area contributed by atoms with Crippen LogP contribution in [0.15, 0.2) is 47.9 Å². The number of hydrogen-bond donors (Lipinski definition) is 0. The van der Waals surface area contributed by atoms with Crippen molar-refractivity contribution in [3.8, 4) is 0 Å². The van der Waals surface area contributed by atoms with Crippen molar-refractivity contribution < 1.29 is 27.4 Å². The summed E-state index contributed by atoms with van der Waals surface area (Å²) in [5, 5.41) is 3.40. The molecule has 160 valence electrons. The topological polar surface area (TPSA) is 84.3 Å². The Balaban J connectivity index is 1.77. The van der Waals surface area contributed by atoms with E-state index in [2.05, 4.69) is 15.2 Å². The summed E-state index contributed by atoms with van der Waals surface area (Å²) in [4.78, 5) is 30.0. The summed E-state index contributed by atoms with van der Waals surface area (Å²) in [6, 6.07) is 6.84. The van der Waals surface area contributed by atoms with Crippen molar-refractivity contribution in [2.45, 2.75) is 6.18 Å². The molecule has 1 aliphatic rings. The quantitative estimate of drug-likeness (QED) is 0.383. The summed E-state index contributed by atoms with van der Waals surface area (Å²) in [5.74, 6) is -0.977. The molecule has 0 radical (unpaired) electrons. The molecule has 30 heavy (non-hydrogen) atoms. The predicted octanol–water partition coefficient (Wildman–Crippen LogP) is 3.41. The molecule has 8 nitrogen and oxygen atoms in total. The maximum atomic E-state index is 13.0. The Hall–Kier alpha value is -3.05. The van der Waals surface area contributed by atoms with E-state index in [-0.39, 0.29) is 23.7 Å². The van der Waals surface area contributed by atoms with E-state index in [0.717, 1.165) is 31.3 Å². The number of esters is 1. The van der Waals surface area contributed by atoms with Crippen LogP contribution in [0.2, 0.25) is 0 Å². The number of aromatic nitrogens is 1. The number of nitrogens with zero attached hydrogens (tertiary/aromatic N) is 4. The number of morpholine rings is 1. The smallest absolute Gasteiger partial charge is 0.416 e. The number of rotatable bonds is 7. The van der Waals surface area contributed by atoms with Crippen molar-refractivity contribution in [3.05, 3.63) is 58.6 Å². The van der Waals surface area contributed by atoms with Crippen molar-refractivity contribution in [2.75, 3.05) is 44.5 Å². The van der Waals surface area contributed by atoms with Crippen LogP contribution in [0.4, 0.5) is 24.7 Å². The van der Waals surface area contributed by atoms with Crippen molar-refractivity contribution in [3.63, 3.8) is 0 Å². The van der Waals surface area contributed by atoms with Crippen LogP contribution in [-0.4, -0.2) is 55.3 Å². The molecule has 0 amide bonds. The number of pyridine rings is 1. The fourth-order valence-electron chi connectivity index (χ4n) is 2.92. The van der Waals surface area contributed by atoms with Crippen LogP contribution in [0.1, 0.15) is 15.9 Å². The first kappa shape index (κ1) is 21.7. The normalized spacial score (nSPS) is 14.9. The maximum absolute atomic E-state index is 13.0. The Morgan fingerprint density at radius 2 is 2.00 bits per heavy atom. The van der Waals surface area contributed by atoms with Gasteiger partial charge in [0.25, 0.3) is 0 Å². The molecule has 2 aromatic rings. The van der Waals surface area contributed by atoms with Gasteiger partial charge in [-0.15, -0.1) is 4.91 Å². The van der Waals surface area contributed by atoms with E-state index in [0.29, 0.717) is 24.8 Å². The molecule has 0 unspecified atom stereocenters. The third kappa shape index (κ3) is 5.30. The van der Waals surface area contributed by atoms with Gasteiger partial charge in [-0.2, -0.15) is 18.2 Å². The Bertz CT molecular complexity index is 888. The minimum absolute atomic E-state index is 0.0866. The molecule has 1 saturated heterocycles. The molecule has 1 aromatic carbocycles. The Morgan fingerprint density at radius 3 is 2.70 bits per heavy atom. The molecule has 1 aromatic heterocycles. The van der Waals surface area contributed by atoms with E-state index >= 15 is 0 Å². The SMILES string of the molecule is O=NN(c1cccc(C(F)(F)F)c1)c1ncccc1C(=O)OCCN1CCOCC1. The van der Waals surface area contributed by atoms with Crippen molar-refractivity contribution >= 4 is 17.5 Å². The first-order valence-corrected chi connectivity index (χ1v) is 9.13. The molecule has 0 saturated carbocycles. The van der Waals surface area contributed by atoms with E-state index in [9.17, 15) is 22.9 Å². The van der Waals surface area contributed by atoms with E-state index in [1.54, 1.807) is 0 Å². The molecule has 11 heteroatoms. The summed E-state index contributed by atoms with van der Waals surface area (Å²) in [7, 11) is 0. The number of hydrogen-bond acceptors (Lipinski definition) is 7. The van der Waals surface area contributed by atoms with Gasteiger partial charge in [-0.1, -0.05) is 6.07 Å². The van der Waals surface area contributed by atoms with Crippen LogP contribution in [-0.2, 0) is 15.7 Å². The summed E-state index contributed by atoms with van der Waals surface area (Å²) in [5.41, 5.74) is -1.23. The summed E-state index contributed by atoms with van der Waals surface area (Å²) in [6.07, 6.45) is -3.30. The molecule has 1 aliphatic heterocycles. The van der Waals surface area contributed by atoms with Gasteiger partial charge in [0.2, 0.25) is 0 Å².